The summed E-state index contributed by atoms with van der Waals surface area (Å²) in [5, 5.41) is 6.43. The fourth-order valence-corrected chi connectivity index (χ4v) is 4.19. The standard InChI is InChI=1S/C17H26N4O3/c18-20-14-13(15(22)19-11-7-3-1-4-8-11)16(23)21(17(14)24)12-9-5-2-6-10-12/h11-13H,1-10,18H2,(H,19,22)/b20-14-/t13-/m1/s1. The first-order chi connectivity index (χ1) is 11.6. The molecule has 0 aromatic carbocycles. The van der Waals surface area contributed by atoms with E-state index in [0.29, 0.717) is 0 Å². The van der Waals surface area contributed by atoms with Crippen LogP contribution in [0.2, 0.25) is 0 Å². The van der Waals surface area contributed by atoms with Crippen molar-refractivity contribution in [2.75, 3.05) is 0 Å². The fourth-order valence-electron chi connectivity index (χ4n) is 4.19. The average molecular weight is 334 g/mol. The lowest BCUT2D eigenvalue weighted by Crippen LogP contribution is -2.45. The second-order valence-electron chi connectivity index (χ2n) is 7.10. The van der Waals surface area contributed by atoms with Crippen LogP contribution in [-0.2, 0) is 14.4 Å². The van der Waals surface area contributed by atoms with E-state index in [9.17, 15) is 14.4 Å². The van der Waals surface area contributed by atoms with Crippen molar-refractivity contribution >= 4 is 23.4 Å². The maximum atomic E-state index is 12.8. The summed E-state index contributed by atoms with van der Waals surface area (Å²) in [6.07, 6.45) is 9.88. The Morgan fingerprint density at radius 3 is 2.17 bits per heavy atom. The summed E-state index contributed by atoms with van der Waals surface area (Å²) < 4.78 is 0. The molecule has 0 aromatic heterocycles. The van der Waals surface area contributed by atoms with Crippen LogP contribution in [0.15, 0.2) is 5.10 Å². The highest BCUT2D eigenvalue weighted by Gasteiger charge is 2.51. The summed E-state index contributed by atoms with van der Waals surface area (Å²) in [7, 11) is 0. The highest BCUT2D eigenvalue weighted by molar-refractivity contribution is 6.54. The van der Waals surface area contributed by atoms with Crippen LogP contribution in [0.5, 0.6) is 0 Å². The smallest absolute Gasteiger partial charge is 0.278 e. The molecule has 1 aliphatic heterocycles. The Morgan fingerprint density at radius 1 is 1.00 bits per heavy atom. The molecule has 7 nitrogen and oxygen atoms in total. The monoisotopic (exact) mass is 334 g/mol. The van der Waals surface area contributed by atoms with Gasteiger partial charge in [-0.25, -0.2) is 0 Å². The van der Waals surface area contributed by atoms with Gasteiger partial charge in [0, 0.05) is 12.1 Å². The summed E-state index contributed by atoms with van der Waals surface area (Å²) >= 11 is 0. The molecule has 24 heavy (non-hydrogen) atoms. The van der Waals surface area contributed by atoms with E-state index in [1.54, 1.807) is 0 Å². The van der Waals surface area contributed by atoms with Gasteiger partial charge in [0.15, 0.2) is 5.92 Å². The zero-order chi connectivity index (χ0) is 17.1. The fraction of sp³-hybridized carbons (Fsp3) is 0.765. The first kappa shape index (κ1) is 16.9. The molecule has 3 aliphatic rings. The van der Waals surface area contributed by atoms with E-state index >= 15 is 0 Å². The van der Waals surface area contributed by atoms with Gasteiger partial charge in [-0.2, -0.15) is 5.10 Å². The van der Waals surface area contributed by atoms with Gasteiger partial charge in [-0.1, -0.05) is 38.5 Å². The number of hydrogen-bond acceptors (Lipinski definition) is 5. The first-order valence-corrected chi connectivity index (χ1v) is 9.09. The number of carbonyl (C=O) groups is 3. The van der Waals surface area contributed by atoms with Crippen molar-refractivity contribution in [3.63, 3.8) is 0 Å². The Hall–Kier alpha value is -1.92. The van der Waals surface area contributed by atoms with Crippen LogP contribution in [0, 0.1) is 5.92 Å². The summed E-state index contributed by atoms with van der Waals surface area (Å²) in [6.45, 7) is 0. The van der Waals surface area contributed by atoms with Gasteiger partial charge in [-0.3, -0.25) is 19.3 Å². The SMILES string of the molecule is N/N=C1\C(=O)N(C2CCCCC2)C(=O)[C@H]1C(=O)NC1CCCCC1. The predicted molar refractivity (Wildman–Crippen MR) is 88.9 cm³/mol. The molecule has 0 radical (unpaired) electrons. The molecule has 7 heteroatoms. The normalized spacial score (nSPS) is 28.6. The van der Waals surface area contributed by atoms with Crippen LogP contribution in [0.4, 0.5) is 0 Å². The van der Waals surface area contributed by atoms with Crippen molar-refractivity contribution in [1.29, 1.82) is 0 Å². The number of hydrazone groups is 1. The summed E-state index contributed by atoms with van der Waals surface area (Å²) in [4.78, 5) is 39.2. The number of nitrogens with one attached hydrogen (secondary N) is 1. The largest absolute Gasteiger partial charge is 0.352 e. The molecule has 2 saturated carbocycles. The minimum absolute atomic E-state index is 0.0805. The molecule has 3 rings (SSSR count). The number of nitrogens with zero attached hydrogens (tertiary/aromatic N) is 2. The van der Waals surface area contributed by atoms with Crippen molar-refractivity contribution in [3.05, 3.63) is 0 Å². The van der Waals surface area contributed by atoms with Crippen molar-refractivity contribution < 1.29 is 14.4 Å². The zero-order valence-corrected chi connectivity index (χ0v) is 14.0. The van der Waals surface area contributed by atoms with Gasteiger partial charge in [-0.15, -0.1) is 0 Å². The number of nitrogens with two attached hydrogens (primary N) is 1. The molecule has 3 amide bonds. The lowest BCUT2D eigenvalue weighted by Gasteiger charge is -2.29. The second kappa shape index (κ2) is 7.32. The van der Waals surface area contributed by atoms with Gasteiger partial charge in [0.25, 0.3) is 5.91 Å². The van der Waals surface area contributed by atoms with E-state index in [1.807, 2.05) is 0 Å². The van der Waals surface area contributed by atoms with E-state index in [2.05, 4.69) is 10.4 Å². The Bertz CT molecular complexity index is 548. The zero-order valence-electron chi connectivity index (χ0n) is 14.0. The molecule has 3 N–H and O–H groups in total. The molecule has 1 heterocycles. The predicted octanol–water partition coefficient (Wildman–Crippen LogP) is 1.07. The number of imide groups is 1. The van der Waals surface area contributed by atoms with E-state index < -0.39 is 23.6 Å². The quantitative estimate of drug-likeness (QED) is 0.348. The third-order valence-electron chi connectivity index (χ3n) is 5.49. The third-order valence-corrected chi connectivity index (χ3v) is 5.49. The van der Waals surface area contributed by atoms with Crippen molar-refractivity contribution in [1.82, 2.24) is 10.2 Å². The number of amides is 3. The van der Waals surface area contributed by atoms with Crippen molar-refractivity contribution in [2.24, 2.45) is 16.9 Å². The molecule has 0 bridgehead atoms. The van der Waals surface area contributed by atoms with E-state index in [4.69, 9.17) is 5.84 Å². The average Bonchev–Trinajstić information content (AvgIpc) is 2.86. The number of hydrogen-bond donors (Lipinski definition) is 2. The Morgan fingerprint density at radius 2 is 1.58 bits per heavy atom. The molecule has 1 atom stereocenters. The van der Waals surface area contributed by atoms with Gasteiger partial charge < -0.3 is 11.2 Å². The molecule has 0 aromatic rings. The van der Waals surface area contributed by atoms with Gasteiger partial charge in [-0.05, 0) is 25.7 Å². The molecule has 2 aliphatic carbocycles. The summed E-state index contributed by atoms with van der Waals surface area (Å²) in [5.41, 5.74) is -0.112. The highest BCUT2D eigenvalue weighted by Crippen LogP contribution is 2.29. The molecule has 0 spiro atoms. The molecular formula is C17H26N4O3. The molecule has 0 unspecified atom stereocenters. The van der Waals surface area contributed by atoms with Crippen molar-refractivity contribution in [2.45, 2.75) is 76.3 Å². The molecular weight excluding hydrogens is 308 g/mol. The van der Waals surface area contributed by atoms with E-state index in [0.717, 1.165) is 57.8 Å². The maximum absolute atomic E-state index is 12.8. The Kier molecular flexibility index (Phi) is 5.16. The Labute approximate surface area is 142 Å². The van der Waals surface area contributed by atoms with Crippen LogP contribution >= 0.6 is 0 Å². The van der Waals surface area contributed by atoms with E-state index in [-0.39, 0.29) is 17.8 Å². The van der Waals surface area contributed by atoms with Crippen LogP contribution in [0.3, 0.4) is 0 Å². The first-order valence-electron chi connectivity index (χ1n) is 9.09. The van der Waals surface area contributed by atoms with Gasteiger partial charge in [0.2, 0.25) is 11.8 Å². The summed E-state index contributed by atoms with van der Waals surface area (Å²) in [5.74, 6) is 2.80. The van der Waals surface area contributed by atoms with Crippen molar-refractivity contribution in [3.8, 4) is 0 Å². The lowest BCUT2D eigenvalue weighted by atomic mass is 9.94. The highest BCUT2D eigenvalue weighted by atomic mass is 16.2. The minimum Gasteiger partial charge on any atom is -0.352 e. The number of rotatable bonds is 3. The topological polar surface area (TPSA) is 105 Å². The van der Waals surface area contributed by atoms with Gasteiger partial charge in [0.05, 0.1) is 0 Å². The third kappa shape index (κ3) is 3.16. The van der Waals surface area contributed by atoms with Gasteiger partial charge >= 0.3 is 0 Å². The molecule has 1 saturated heterocycles. The van der Waals surface area contributed by atoms with Crippen LogP contribution in [0.1, 0.15) is 64.2 Å². The summed E-state index contributed by atoms with van der Waals surface area (Å²) in [6, 6.07) is -0.0418. The molecule has 132 valence electrons. The lowest BCUT2D eigenvalue weighted by molar-refractivity contribution is -0.144. The minimum atomic E-state index is -1.17. The number of carbonyl (C=O) groups excluding carboxylic acids is 3. The molecule has 3 fully saturated rings. The van der Waals surface area contributed by atoms with E-state index in [1.165, 1.54) is 11.3 Å². The van der Waals surface area contributed by atoms with Crippen LogP contribution in [-0.4, -0.2) is 40.4 Å². The van der Waals surface area contributed by atoms with Crippen LogP contribution in [0.25, 0.3) is 0 Å². The van der Waals surface area contributed by atoms with Crippen LogP contribution < -0.4 is 11.2 Å². The second-order valence-corrected chi connectivity index (χ2v) is 7.10. The number of likely N-dealkylation sites (tertiary alicyclic amines) is 1. The Balaban J connectivity index is 1.74. The van der Waals surface area contributed by atoms with Gasteiger partial charge in [0.1, 0.15) is 5.71 Å². The maximum Gasteiger partial charge on any atom is 0.278 e.